The molecule has 2 amide bonds. The van der Waals surface area contributed by atoms with Crippen molar-refractivity contribution in [3.05, 3.63) is 58.3 Å². The van der Waals surface area contributed by atoms with Gasteiger partial charge < -0.3 is 9.80 Å². The summed E-state index contributed by atoms with van der Waals surface area (Å²) >= 11 is 1.65. The van der Waals surface area contributed by atoms with Crippen LogP contribution in [0.2, 0.25) is 0 Å². The van der Waals surface area contributed by atoms with Crippen molar-refractivity contribution in [2.24, 2.45) is 5.41 Å². The average molecular weight is 401 g/mol. The van der Waals surface area contributed by atoms with Gasteiger partial charge in [0.1, 0.15) is 6.54 Å². The van der Waals surface area contributed by atoms with Gasteiger partial charge in [0.15, 0.2) is 0 Å². The third kappa shape index (κ3) is 6.20. The molecule has 1 aromatic carbocycles. The van der Waals surface area contributed by atoms with Crippen molar-refractivity contribution < 1.29 is 9.59 Å². The fourth-order valence-corrected chi connectivity index (χ4v) is 3.67. The maximum absolute atomic E-state index is 13.3. The van der Waals surface area contributed by atoms with E-state index in [1.807, 2.05) is 87.4 Å². The standard InChI is InChI=1S/C23H32N2O2S/c1-6-18(2)25(22(27)23(3,4)5)17-21(26)24(16-20-13-10-14-28-20)15-19-11-8-7-9-12-19/h7-14,18H,6,15-17H2,1-5H3/t18-/m1/s1. The second-order valence-corrected chi connectivity index (χ2v) is 9.29. The SMILES string of the molecule is CC[C@@H](C)N(CC(=O)N(Cc1ccccc1)Cc1cccs1)C(=O)C(C)(C)C. The van der Waals surface area contributed by atoms with Crippen LogP contribution < -0.4 is 0 Å². The minimum Gasteiger partial charge on any atom is -0.332 e. The molecule has 0 bridgehead atoms. The Hall–Kier alpha value is -2.14. The van der Waals surface area contributed by atoms with Gasteiger partial charge in [-0.15, -0.1) is 11.3 Å². The Morgan fingerprint density at radius 1 is 1.04 bits per heavy atom. The maximum atomic E-state index is 13.3. The van der Waals surface area contributed by atoms with Gasteiger partial charge in [0, 0.05) is 22.9 Å². The number of carbonyl (C=O) groups excluding carboxylic acids is 2. The van der Waals surface area contributed by atoms with Gasteiger partial charge in [-0.05, 0) is 30.4 Å². The number of thiophene rings is 1. The molecule has 0 saturated carbocycles. The molecule has 0 aliphatic rings. The Balaban J connectivity index is 2.22. The van der Waals surface area contributed by atoms with Crippen LogP contribution in [0.1, 0.15) is 51.5 Å². The zero-order valence-corrected chi connectivity index (χ0v) is 18.5. The first kappa shape index (κ1) is 22.2. The third-order valence-electron chi connectivity index (χ3n) is 4.83. The van der Waals surface area contributed by atoms with Gasteiger partial charge in [-0.3, -0.25) is 9.59 Å². The number of carbonyl (C=O) groups is 2. The molecule has 5 heteroatoms. The number of rotatable bonds is 8. The molecular weight excluding hydrogens is 368 g/mol. The number of hydrogen-bond donors (Lipinski definition) is 0. The molecule has 0 spiro atoms. The fourth-order valence-electron chi connectivity index (χ4n) is 2.95. The van der Waals surface area contributed by atoms with Crippen LogP contribution in [0.25, 0.3) is 0 Å². The Kier molecular flexibility index (Phi) is 7.81. The molecule has 0 saturated heterocycles. The van der Waals surface area contributed by atoms with Crippen LogP contribution in [0.3, 0.4) is 0 Å². The van der Waals surface area contributed by atoms with E-state index < -0.39 is 5.41 Å². The van der Waals surface area contributed by atoms with Crippen LogP contribution in [-0.2, 0) is 22.7 Å². The minimum atomic E-state index is -0.512. The largest absolute Gasteiger partial charge is 0.332 e. The van der Waals surface area contributed by atoms with E-state index in [9.17, 15) is 9.59 Å². The van der Waals surface area contributed by atoms with E-state index in [2.05, 4.69) is 0 Å². The van der Waals surface area contributed by atoms with E-state index >= 15 is 0 Å². The summed E-state index contributed by atoms with van der Waals surface area (Å²) in [6, 6.07) is 14.1. The van der Waals surface area contributed by atoms with E-state index in [4.69, 9.17) is 0 Å². The van der Waals surface area contributed by atoms with Gasteiger partial charge in [0.05, 0.1) is 6.54 Å². The highest BCUT2D eigenvalue weighted by molar-refractivity contribution is 7.09. The highest BCUT2D eigenvalue weighted by Crippen LogP contribution is 2.21. The van der Waals surface area contributed by atoms with Crippen LogP contribution in [0.5, 0.6) is 0 Å². The molecule has 2 rings (SSSR count). The van der Waals surface area contributed by atoms with Crippen molar-refractivity contribution in [3.8, 4) is 0 Å². The van der Waals surface area contributed by atoms with E-state index in [1.54, 1.807) is 16.2 Å². The molecule has 152 valence electrons. The van der Waals surface area contributed by atoms with Crippen molar-refractivity contribution >= 4 is 23.2 Å². The summed E-state index contributed by atoms with van der Waals surface area (Å²) in [5.41, 5.74) is 0.575. The summed E-state index contributed by atoms with van der Waals surface area (Å²) in [5.74, 6) is 0.00105. The average Bonchev–Trinajstić information content (AvgIpc) is 3.17. The lowest BCUT2D eigenvalue weighted by Gasteiger charge is -2.35. The third-order valence-corrected chi connectivity index (χ3v) is 5.69. The molecule has 2 aromatic rings. The summed E-state index contributed by atoms with van der Waals surface area (Å²) in [6.07, 6.45) is 0.818. The first-order valence-electron chi connectivity index (χ1n) is 9.87. The highest BCUT2D eigenvalue weighted by atomic mass is 32.1. The lowest BCUT2D eigenvalue weighted by Crippen LogP contribution is -2.49. The fraction of sp³-hybridized carbons (Fsp3) is 0.478. The van der Waals surface area contributed by atoms with Gasteiger partial charge in [-0.1, -0.05) is 64.1 Å². The molecule has 1 heterocycles. The smallest absolute Gasteiger partial charge is 0.242 e. The van der Waals surface area contributed by atoms with E-state index in [1.165, 1.54) is 0 Å². The summed E-state index contributed by atoms with van der Waals surface area (Å²) in [6.45, 7) is 11.0. The molecule has 0 fully saturated rings. The van der Waals surface area contributed by atoms with Crippen LogP contribution in [0.15, 0.2) is 47.8 Å². The van der Waals surface area contributed by atoms with E-state index in [-0.39, 0.29) is 24.4 Å². The van der Waals surface area contributed by atoms with Crippen LogP contribution >= 0.6 is 11.3 Å². The molecule has 1 aromatic heterocycles. The van der Waals surface area contributed by atoms with Crippen LogP contribution in [-0.4, -0.2) is 34.2 Å². The highest BCUT2D eigenvalue weighted by Gasteiger charge is 2.32. The summed E-state index contributed by atoms with van der Waals surface area (Å²) in [7, 11) is 0. The van der Waals surface area contributed by atoms with Gasteiger partial charge in [0.25, 0.3) is 0 Å². The lowest BCUT2D eigenvalue weighted by molar-refractivity contribution is -0.148. The molecule has 0 unspecified atom stereocenters. The number of amides is 2. The zero-order chi connectivity index (χ0) is 20.7. The molecule has 4 nitrogen and oxygen atoms in total. The molecular formula is C23H32N2O2S. The van der Waals surface area contributed by atoms with Crippen molar-refractivity contribution in [3.63, 3.8) is 0 Å². The summed E-state index contributed by atoms with van der Waals surface area (Å²) in [4.78, 5) is 31.0. The van der Waals surface area contributed by atoms with E-state index in [0.717, 1.165) is 16.9 Å². The van der Waals surface area contributed by atoms with Gasteiger partial charge in [0.2, 0.25) is 11.8 Å². The monoisotopic (exact) mass is 400 g/mol. The van der Waals surface area contributed by atoms with Crippen molar-refractivity contribution in [2.45, 2.75) is 60.2 Å². The minimum absolute atomic E-state index is 0.0184. The molecule has 0 radical (unpaired) electrons. The van der Waals surface area contributed by atoms with Crippen molar-refractivity contribution in [2.75, 3.05) is 6.54 Å². The first-order chi connectivity index (χ1) is 13.2. The van der Waals surface area contributed by atoms with Gasteiger partial charge in [-0.25, -0.2) is 0 Å². The quantitative estimate of drug-likeness (QED) is 0.629. The van der Waals surface area contributed by atoms with Crippen molar-refractivity contribution in [1.29, 1.82) is 0 Å². The van der Waals surface area contributed by atoms with Crippen molar-refractivity contribution in [1.82, 2.24) is 9.80 Å². The predicted molar refractivity (Wildman–Crippen MR) is 116 cm³/mol. The second-order valence-electron chi connectivity index (χ2n) is 8.26. The first-order valence-corrected chi connectivity index (χ1v) is 10.8. The molecule has 0 N–H and O–H groups in total. The lowest BCUT2D eigenvalue weighted by atomic mass is 9.93. The van der Waals surface area contributed by atoms with Gasteiger partial charge >= 0.3 is 0 Å². The Morgan fingerprint density at radius 2 is 1.71 bits per heavy atom. The molecule has 0 aliphatic heterocycles. The predicted octanol–water partition coefficient (Wildman–Crippen LogP) is 4.95. The summed E-state index contributed by atoms with van der Waals surface area (Å²) < 4.78 is 0. The molecule has 28 heavy (non-hydrogen) atoms. The second kappa shape index (κ2) is 9.87. The van der Waals surface area contributed by atoms with E-state index in [0.29, 0.717) is 13.1 Å². The Morgan fingerprint density at radius 3 is 2.25 bits per heavy atom. The Labute approximate surface area is 173 Å². The van der Waals surface area contributed by atoms with Crippen LogP contribution in [0, 0.1) is 5.41 Å². The normalized spacial score (nSPS) is 12.5. The topological polar surface area (TPSA) is 40.6 Å². The zero-order valence-electron chi connectivity index (χ0n) is 17.6. The number of benzene rings is 1. The molecule has 0 aliphatic carbocycles. The number of nitrogens with zero attached hydrogens (tertiary/aromatic N) is 2. The maximum Gasteiger partial charge on any atom is 0.242 e. The summed E-state index contributed by atoms with van der Waals surface area (Å²) in [5, 5.41) is 2.02. The Bertz CT molecular complexity index is 751. The molecule has 1 atom stereocenters. The number of hydrogen-bond acceptors (Lipinski definition) is 3. The van der Waals surface area contributed by atoms with Crippen LogP contribution in [0.4, 0.5) is 0 Å². The van der Waals surface area contributed by atoms with Gasteiger partial charge in [-0.2, -0.15) is 0 Å².